The molecule has 0 aliphatic rings. The number of nitrogens with one attached hydrogen (secondary N) is 1. The van der Waals surface area contributed by atoms with Gasteiger partial charge in [-0.2, -0.15) is 0 Å². The van der Waals surface area contributed by atoms with Crippen molar-refractivity contribution in [3.63, 3.8) is 0 Å². The third-order valence-electron chi connectivity index (χ3n) is 1.21. The molecule has 0 saturated heterocycles. The highest BCUT2D eigenvalue weighted by molar-refractivity contribution is 5.75. The fourth-order valence-electron chi connectivity index (χ4n) is 0.617. The quantitative estimate of drug-likeness (QED) is 0.507. The van der Waals surface area contributed by atoms with E-state index in [9.17, 15) is 9.59 Å². The normalized spacial score (nSPS) is 12.5. The zero-order valence-corrected chi connectivity index (χ0v) is 6.20. The summed E-state index contributed by atoms with van der Waals surface area (Å²) in [6.45, 7) is 1.36. The molecule has 0 aromatic carbocycles. The van der Waals surface area contributed by atoms with Crippen molar-refractivity contribution in [3.8, 4) is 0 Å². The first-order chi connectivity index (χ1) is 5.07. The molecule has 5 heteroatoms. The van der Waals surface area contributed by atoms with E-state index < -0.39 is 18.0 Å². The minimum Gasteiger partial charge on any atom is -0.480 e. The van der Waals surface area contributed by atoms with Gasteiger partial charge >= 0.3 is 11.9 Å². The van der Waals surface area contributed by atoms with Gasteiger partial charge in [0.05, 0.1) is 6.54 Å². The molecule has 11 heavy (non-hydrogen) atoms. The summed E-state index contributed by atoms with van der Waals surface area (Å²) in [7, 11) is 0. The van der Waals surface area contributed by atoms with E-state index in [-0.39, 0.29) is 6.54 Å². The van der Waals surface area contributed by atoms with Crippen LogP contribution in [0, 0.1) is 0 Å². The second-order valence-corrected chi connectivity index (χ2v) is 2.07. The third-order valence-corrected chi connectivity index (χ3v) is 1.21. The van der Waals surface area contributed by atoms with Gasteiger partial charge in [-0.25, -0.2) is 0 Å². The number of carboxylic acids is 2. The first-order valence-electron chi connectivity index (χ1n) is 3.26. The van der Waals surface area contributed by atoms with Crippen LogP contribution in [0.4, 0.5) is 0 Å². The summed E-state index contributed by atoms with van der Waals surface area (Å²) in [4.78, 5) is 20.3. The van der Waals surface area contributed by atoms with Crippen molar-refractivity contribution in [1.29, 1.82) is 0 Å². The second-order valence-electron chi connectivity index (χ2n) is 2.07. The maximum absolute atomic E-state index is 10.3. The molecule has 5 nitrogen and oxygen atoms in total. The van der Waals surface area contributed by atoms with E-state index in [0.717, 1.165) is 0 Å². The van der Waals surface area contributed by atoms with Crippen LogP contribution in [0.25, 0.3) is 0 Å². The SMILES string of the molecule is CC[C@@H](NCC(=O)O)C(=O)O. The Morgan fingerprint density at radius 1 is 1.45 bits per heavy atom. The Bertz CT molecular complexity index is 157. The molecule has 0 aliphatic heterocycles. The first kappa shape index (κ1) is 9.90. The van der Waals surface area contributed by atoms with Gasteiger partial charge in [-0.1, -0.05) is 6.92 Å². The smallest absolute Gasteiger partial charge is 0.320 e. The Kier molecular flexibility index (Phi) is 4.21. The van der Waals surface area contributed by atoms with E-state index in [1.165, 1.54) is 0 Å². The van der Waals surface area contributed by atoms with E-state index in [1.54, 1.807) is 6.92 Å². The molecule has 0 aromatic heterocycles. The number of aliphatic carboxylic acids is 2. The van der Waals surface area contributed by atoms with Crippen molar-refractivity contribution in [3.05, 3.63) is 0 Å². The van der Waals surface area contributed by atoms with Crippen molar-refractivity contribution < 1.29 is 19.8 Å². The largest absolute Gasteiger partial charge is 0.480 e. The van der Waals surface area contributed by atoms with Gasteiger partial charge in [0.2, 0.25) is 0 Å². The fraction of sp³-hybridized carbons (Fsp3) is 0.667. The van der Waals surface area contributed by atoms with Gasteiger partial charge in [0.1, 0.15) is 6.04 Å². The Balaban J connectivity index is 3.70. The molecule has 3 N–H and O–H groups in total. The lowest BCUT2D eigenvalue weighted by Crippen LogP contribution is -2.39. The molecule has 0 bridgehead atoms. The summed E-state index contributed by atoms with van der Waals surface area (Å²) in [5.74, 6) is -2.07. The zero-order valence-electron chi connectivity index (χ0n) is 6.20. The van der Waals surface area contributed by atoms with Gasteiger partial charge in [-0.3, -0.25) is 14.9 Å². The van der Waals surface area contributed by atoms with Crippen LogP contribution in [-0.2, 0) is 9.59 Å². The van der Waals surface area contributed by atoms with E-state index in [4.69, 9.17) is 10.2 Å². The van der Waals surface area contributed by atoms with Crippen LogP contribution in [0.5, 0.6) is 0 Å². The number of rotatable bonds is 5. The first-order valence-corrected chi connectivity index (χ1v) is 3.26. The fourth-order valence-corrected chi connectivity index (χ4v) is 0.617. The maximum atomic E-state index is 10.3. The maximum Gasteiger partial charge on any atom is 0.320 e. The Labute approximate surface area is 64.0 Å². The summed E-state index contributed by atoms with van der Waals surface area (Å²) < 4.78 is 0. The van der Waals surface area contributed by atoms with Gasteiger partial charge in [0.15, 0.2) is 0 Å². The highest BCUT2D eigenvalue weighted by Crippen LogP contribution is 1.88. The Hall–Kier alpha value is -1.10. The van der Waals surface area contributed by atoms with E-state index >= 15 is 0 Å². The molecule has 0 saturated carbocycles. The van der Waals surface area contributed by atoms with E-state index in [2.05, 4.69) is 5.32 Å². The van der Waals surface area contributed by atoms with Crippen molar-refractivity contribution in [1.82, 2.24) is 5.32 Å². The molecule has 0 rings (SSSR count). The van der Waals surface area contributed by atoms with Crippen molar-refractivity contribution >= 4 is 11.9 Å². The molecule has 0 spiro atoms. The molecule has 0 aliphatic carbocycles. The van der Waals surface area contributed by atoms with Crippen molar-refractivity contribution in [2.75, 3.05) is 6.54 Å². The monoisotopic (exact) mass is 161 g/mol. The van der Waals surface area contributed by atoms with Crippen molar-refractivity contribution in [2.24, 2.45) is 0 Å². The highest BCUT2D eigenvalue weighted by Gasteiger charge is 2.14. The number of hydrogen-bond acceptors (Lipinski definition) is 3. The van der Waals surface area contributed by atoms with Crippen LogP contribution in [-0.4, -0.2) is 34.7 Å². The van der Waals surface area contributed by atoms with Gasteiger partial charge in [0, 0.05) is 0 Å². The third kappa shape index (κ3) is 4.32. The lowest BCUT2D eigenvalue weighted by atomic mass is 10.2. The minimum absolute atomic E-state index is 0.315. The Morgan fingerprint density at radius 3 is 2.27 bits per heavy atom. The summed E-state index contributed by atoms with van der Waals surface area (Å²) in [5, 5.41) is 19.0. The van der Waals surface area contributed by atoms with Gasteiger partial charge in [0.25, 0.3) is 0 Å². The molecular weight excluding hydrogens is 150 g/mol. The van der Waals surface area contributed by atoms with Crippen LogP contribution in [0.1, 0.15) is 13.3 Å². The number of hydrogen-bond donors (Lipinski definition) is 3. The second kappa shape index (κ2) is 4.68. The Morgan fingerprint density at radius 2 is 2.00 bits per heavy atom. The molecule has 0 amide bonds. The van der Waals surface area contributed by atoms with Gasteiger partial charge in [-0.15, -0.1) is 0 Å². The molecule has 0 unspecified atom stereocenters. The van der Waals surface area contributed by atoms with Crippen molar-refractivity contribution in [2.45, 2.75) is 19.4 Å². The lowest BCUT2D eigenvalue weighted by molar-refractivity contribution is -0.140. The summed E-state index contributed by atoms with van der Waals surface area (Å²) in [6, 6.07) is -0.758. The molecular formula is C6H11NO4. The van der Waals surface area contributed by atoms with E-state index in [0.29, 0.717) is 6.42 Å². The van der Waals surface area contributed by atoms with Crippen LogP contribution in [0.15, 0.2) is 0 Å². The van der Waals surface area contributed by atoms with Gasteiger partial charge < -0.3 is 10.2 Å². The van der Waals surface area contributed by atoms with Gasteiger partial charge in [-0.05, 0) is 6.42 Å². The predicted molar refractivity (Wildman–Crippen MR) is 37.4 cm³/mol. The van der Waals surface area contributed by atoms with Crippen LogP contribution < -0.4 is 5.32 Å². The molecule has 64 valence electrons. The summed E-state index contributed by atoms with van der Waals surface area (Å²) >= 11 is 0. The average molecular weight is 161 g/mol. The molecule has 0 aromatic rings. The topological polar surface area (TPSA) is 86.6 Å². The number of carbonyl (C=O) groups is 2. The van der Waals surface area contributed by atoms with E-state index in [1.807, 2.05) is 0 Å². The van der Waals surface area contributed by atoms with Crippen LogP contribution >= 0.6 is 0 Å². The molecule has 1 atom stereocenters. The van der Waals surface area contributed by atoms with Crippen LogP contribution in [0.2, 0.25) is 0 Å². The zero-order chi connectivity index (χ0) is 8.85. The predicted octanol–water partition coefficient (Wildman–Crippen LogP) is -0.476. The lowest BCUT2D eigenvalue weighted by Gasteiger charge is -2.08. The average Bonchev–Trinajstić information content (AvgIpc) is 1.87. The minimum atomic E-state index is -1.05. The standard InChI is InChI=1S/C6H11NO4/c1-2-4(6(10)11)7-3-5(8)9/h4,7H,2-3H2,1H3,(H,8,9)(H,10,11)/t4-/m1/s1. The molecule has 0 radical (unpaired) electrons. The highest BCUT2D eigenvalue weighted by atomic mass is 16.4. The number of carboxylic acid groups (broad SMARTS) is 2. The molecule has 0 heterocycles. The van der Waals surface area contributed by atoms with Crippen LogP contribution in [0.3, 0.4) is 0 Å². The summed E-state index contributed by atoms with van der Waals surface area (Å²) in [6.07, 6.45) is 0.378. The molecule has 0 fully saturated rings. The summed E-state index contributed by atoms with van der Waals surface area (Å²) in [5.41, 5.74) is 0.